The molecule has 0 saturated heterocycles. The third kappa shape index (κ3) is 4.97. The second-order valence-corrected chi connectivity index (χ2v) is 8.49. The number of oxazole rings is 1. The first-order chi connectivity index (χ1) is 12.7. The second-order valence-electron chi connectivity index (χ2n) is 6.72. The molecule has 0 bridgehead atoms. The normalized spacial score (nSPS) is 12.0. The molecule has 0 unspecified atom stereocenters. The van der Waals surface area contributed by atoms with Gasteiger partial charge in [-0.05, 0) is 6.08 Å². The molecule has 0 saturated carbocycles. The zero-order valence-corrected chi connectivity index (χ0v) is 17.2. The summed E-state index contributed by atoms with van der Waals surface area (Å²) in [6, 6.07) is 0. The molecule has 7 nitrogen and oxygen atoms in total. The fourth-order valence-electron chi connectivity index (χ4n) is 2.05. The van der Waals surface area contributed by atoms with Crippen LogP contribution >= 0.6 is 34.5 Å². The molecule has 0 spiro atoms. The van der Waals surface area contributed by atoms with Crippen LogP contribution in [0.15, 0.2) is 23.1 Å². The lowest BCUT2D eigenvalue weighted by Crippen LogP contribution is -2.18. The summed E-state index contributed by atoms with van der Waals surface area (Å²) in [6.45, 7) is 6.17. The predicted octanol–water partition coefficient (Wildman–Crippen LogP) is 4.74. The molecule has 27 heavy (non-hydrogen) atoms. The van der Waals surface area contributed by atoms with Gasteiger partial charge >= 0.3 is 0 Å². The van der Waals surface area contributed by atoms with E-state index in [-0.39, 0.29) is 28.2 Å². The van der Waals surface area contributed by atoms with Gasteiger partial charge in [-0.15, -0.1) is 0 Å². The van der Waals surface area contributed by atoms with Crippen molar-refractivity contribution in [2.24, 2.45) is 0 Å². The van der Waals surface area contributed by atoms with Crippen LogP contribution in [0.3, 0.4) is 0 Å². The van der Waals surface area contributed by atoms with E-state index in [9.17, 15) is 4.79 Å². The maximum atomic E-state index is 12.1. The van der Waals surface area contributed by atoms with Crippen molar-refractivity contribution in [2.75, 3.05) is 5.32 Å². The first-order valence-electron chi connectivity index (χ1n) is 7.98. The molecule has 10 heteroatoms. The predicted molar refractivity (Wildman–Crippen MR) is 107 cm³/mol. The molecule has 0 fully saturated rings. The number of carbonyl (C=O) groups is 1. The molecular weight excluding hydrogens is 409 g/mol. The van der Waals surface area contributed by atoms with E-state index in [1.54, 1.807) is 18.5 Å². The lowest BCUT2D eigenvalue weighted by Gasteiger charge is -2.12. The Hall–Kier alpha value is -2.16. The van der Waals surface area contributed by atoms with E-state index in [1.165, 1.54) is 22.2 Å². The number of carbonyl (C=O) groups excluding carboxylic acids is 1. The highest BCUT2D eigenvalue weighted by Gasteiger charge is 2.18. The number of imidazole rings is 1. The number of nitrogens with zero attached hydrogens (tertiary/aromatic N) is 4. The van der Waals surface area contributed by atoms with Crippen molar-refractivity contribution < 1.29 is 9.21 Å². The first kappa shape index (κ1) is 19.6. The van der Waals surface area contributed by atoms with Gasteiger partial charge in [-0.1, -0.05) is 55.3 Å². The van der Waals surface area contributed by atoms with E-state index in [1.807, 2.05) is 6.08 Å². The molecule has 3 aromatic heterocycles. The molecule has 0 atom stereocenters. The summed E-state index contributed by atoms with van der Waals surface area (Å²) < 4.78 is 7.15. The van der Waals surface area contributed by atoms with Crippen molar-refractivity contribution in [1.29, 1.82) is 0 Å². The third-order valence-corrected chi connectivity index (χ3v) is 5.12. The highest BCUT2D eigenvalue weighted by atomic mass is 35.5. The minimum absolute atomic E-state index is 0.00476. The van der Waals surface area contributed by atoms with Crippen LogP contribution in [0.25, 0.3) is 12.2 Å². The number of aromatic nitrogens is 4. The minimum atomic E-state index is -0.279. The van der Waals surface area contributed by atoms with Crippen LogP contribution in [0.5, 0.6) is 0 Å². The zero-order valence-electron chi connectivity index (χ0n) is 14.9. The Bertz CT molecular complexity index is 984. The zero-order chi connectivity index (χ0) is 19.6. The van der Waals surface area contributed by atoms with Crippen LogP contribution in [-0.2, 0) is 16.8 Å². The van der Waals surface area contributed by atoms with Crippen molar-refractivity contribution in [3.8, 4) is 0 Å². The van der Waals surface area contributed by atoms with Crippen molar-refractivity contribution in [3.63, 3.8) is 0 Å². The quantitative estimate of drug-likeness (QED) is 0.637. The van der Waals surface area contributed by atoms with E-state index in [0.29, 0.717) is 11.0 Å². The van der Waals surface area contributed by atoms with Crippen LogP contribution in [0.4, 0.5) is 5.13 Å². The van der Waals surface area contributed by atoms with Crippen molar-refractivity contribution in [1.82, 2.24) is 19.5 Å². The van der Waals surface area contributed by atoms with Gasteiger partial charge < -0.3 is 14.3 Å². The maximum absolute atomic E-state index is 12.1. The van der Waals surface area contributed by atoms with Crippen LogP contribution in [0.1, 0.15) is 37.3 Å². The Morgan fingerprint density at radius 3 is 2.67 bits per heavy atom. The molecule has 3 aromatic rings. The molecule has 142 valence electrons. The van der Waals surface area contributed by atoms with E-state index in [0.717, 1.165) is 10.6 Å². The van der Waals surface area contributed by atoms with E-state index in [4.69, 9.17) is 27.6 Å². The Balaban J connectivity index is 1.60. The average Bonchev–Trinajstić information content (AvgIpc) is 3.30. The molecule has 0 radical (unpaired) electrons. The summed E-state index contributed by atoms with van der Waals surface area (Å²) in [5.41, 5.74) is -0.0939. The molecule has 1 N–H and O–H groups in total. The molecule has 0 aliphatic carbocycles. The smallest absolute Gasteiger partial charge is 0.246 e. The van der Waals surface area contributed by atoms with Gasteiger partial charge in [0.1, 0.15) is 17.5 Å². The monoisotopic (exact) mass is 425 g/mol. The number of thiazole rings is 1. The van der Waals surface area contributed by atoms with Gasteiger partial charge in [0.25, 0.3) is 0 Å². The number of anilines is 1. The molecule has 3 rings (SSSR count). The maximum Gasteiger partial charge on any atom is 0.246 e. The summed E-state index contributed by atoms with van der Waals surface area (Å²) in [4.78, 5) is 25.2. The summed E-state index contributed by atoms with van der Waals surface area (Å²) in [6.07, 6.45) is 8.39. The van der Waals surface area contributed by atoms with Gasteiger partial charge in [0.15, 0.2) is 10.3 Å². The van der Waals surface area contributed by atoms with E-state index >= 15 is 0 Å². The van der Waals surface area contributed by atoms with Gasteiger partial charge in [0.05, 0.1) is 12.5 Å². The average molecular weight is 426 g/mol. The highest BCUT2D eigenvalue weighted by molar-refractivity contribution is 7.16. The fraction of sp³-hybridized carbons (Fsp3) is 0.294. The summed E-state index contributed by atoms with van der Waals surface area (Å²) in [5, 5.41) is 3.57. The SMILES string of the molecule is CC(C)(C)c1cnc(C=Cc2cnc(NC(=O)Cn3cnc(Cl)c3Cl)s2)o1. The molecule has 0 aliphatic rings. The number of hydrogen-bond acceptors (Lipinski definition) is 6. The Morgan fingerprint density at radius 1 is 1.26 bits per heavy atom. The van der Waals surface area contributed by atoms with Gasteiger partial charge in [0, 0.05) is 22.6 Å². The van der Waals surface area contributed by atoms with Gasteiger partial charge in [0.2, 0.25) is 11.8 Å². The summed E-state index contributed by atoms with van der Waals surface area (Å²) in [5.74, 6) is 1.06. The number of nitrogens with one attached hydrogen (secondary N) is 1. The fourth-order valence-corrected chi connectivity index (χ4v) is 3.09. The summed E-state index contributed by atoms with van der Waals surface area (Å²) in [7, 11) is 0. The van der Waals surface area contributed by atoms with E-state index in [2.05, 4.69) is 41.0 Å². The minimum Gasteiger partial charge on any atom is -0.441 e. The lowest BCUT2D eigenvalue weighted by atomic mass is 9.94. The largest absolute Gasteiger partial charge is 0.441 e. The first-order valence-corrected chi connectivity index (χ1v) is 9.56. The Labute approximate surface area is 170 Å². The van der Waals surface area contributed by atoms with Crippen LogP contribution in [-0.4, -0.2) is 25.4 Å². The molecular formula is C17H17Cl2N5O2S. The molecule has 0 aromatic carbocycles. The van der Waals surface area contributed by atoms with Crippen molar-refractivity contribution >= 4 is 57.7 Å². The molecule has 0 aliphatic heterocycles. The molecule has 1 amide bonds. The van der Waals surface area contributed by atoms with Gasteiger partial charge in [-0.25, -0.2) is 15.0 Å². The van der Waals surface area contributed by atoms with Crippen LogP contribution < -0.4 is 5.32 Å². The van der Waals surface area contributed by atoms with Gasteiger partial charge in [-0.3, -0.25) is 4.79 Å². The van der Waals surface area contributed by atoms with Crippen LogP contribution in [0, 0.1) is 0 Å². The van der Waals surface area contributed by atoms with E-state index < -0.39 is 0 Å². The number of rotatable bonds is 5. The number of hydrogen-bond donors (Lipinski definition) is 1. The van der Waals surface area contributed by atoms with Crippen molar-refractivity contribution in [2.45, 2.75) is 32.7 Å². The Kier molecular flexibility index (Phi) is 5.69. The lowest BCUT2D eigenvalue weighted by molar-refractivity contribution is -0.116. The Morgan fingerprint density at radius 2 is 2.04 bits per heavy atom. The molecule has 3 heterocycles. The third-order valence-electron chi connectivity index (χ3n) is 3.47. The summed E-state index contributed by atoms with van der Waals surface area (Å²) >= 11 is 13.0. The van der Waals surface area contributed by atoms with Crippen molar-refractivity contribution in [3.05, 3.63) is 45.6 Å². The number of halogens is 2. The van der Waals surface area contributed by atoms with Crippen LogP contribution in [0.2, 0.25) is 10.3 Å². The topological polar surface area (TPSA) is 85.8 Å². The highest BCUT2D eigenvalue weighted by Crippen LogP contribution is 2.25. The standard InChI is InChI=1S/C17H17Cl2N5O2S/c1-17(2,3)11-7-20-13(26-11)5-4-10-6-21-16(27-10)23-12(25)8-24-9-22-14(18)15(24)19/h4-7,9H,8H2,1-3H3,(H,21,23,25). The second kappa shape index (κ2) is 7.84. The number of amides is 1. The van der Waals surface area contributed by atoms with Gasteiger partial charge in [-0.2, -0.15) is 0 Å².